The van der Waals surface area contributed by atoms with Crippen molar-refractivity contribution in [3.05, 3.63) is 59.2 Å². The minimum atomic E-state index is -0.447. The molecule has 0 atom stereocenters. The van der Waals surface area contributed by atoms with Crippen LogP contribution >= 0.6 is 0 Å². The molecule has 0 aromatic heterocycles. The van der Waals surface area contributed by atoms with Crippen molar-refractivity contribution in [3.8, 4) is 5.75 Å². The molecule has 0 unspecified atom stereocenters. The van der Waals surface area contributed by atoms with E-state index in [9.17, 15) is 4.79 Å². The van der Waals surface area contributed by atoms with Crippen molar-refractivity contribution in [2.24, 2.45) is 0 Å². The largest absolute Gasteiger partial charge is 0.494 e. The molecule has 20 heavy (non-hydrogen) atoms. The highest BCUT2D eigenvalue weighted by molar-refractivity contribution is 5.94. The van der Waals surface area contributed by atoms with E-state index in [1.807, 2.05) is 31.2 Å². The molecule has 2 aromatic carbocycles. The Kier molecular flexibility index (Phi) is 4.25. The molecule has 0 saturated heterocycles. The molecule has 4 nitrogen and oxygen atoms in total. The van der Waals surface area contributed by atoms with Gasteiger partial charge in [0.1, 0.15) is 12.2 Å². The first-order valence-electron chi connectivity index (χ1n) is 6.27. The first-order chi connectivity index (χ1) is 9.63. The summed E-state index contributed by atoms with van der Waals surface area (Å²) in [5, 5.41) is 0. The Bertz CT molecular complexity index is 623. The summed E-state index contributed by atoms with van der Waals surface area (Å²) in [4.78, 5) is 12.1. The third-order valence-corrected chi connectivity index (χ3v) is 3.09. The second kappa shape index (κ2) is 6.10. The van der Waals surface area contributed by atoms with Crippen LogP contribution in [0.5, 0.6) is 5.75 Å². The fourth-order valence-corrected chi connectivity index (χ4v) is 1.94. The van der Waals surface area contributed by atoms with E-state index in [-0.39, 0.29) is 6.61 Å². The van der Waals surface area contributed by atoms with Crippen LogP contribution in [0.4, 0.5) is 5.69 Å². The Morgan fingerprint density at radius 3 is 2.60 bits per heavy atom. The molecule has 2 aromatic rings. The molecule has 0 heterocycles. The van der Waals surface area contributed by atoms with Gasteiger partial charge < -0.3 is 15.2 Å². The number of nitrogen functional groups attached to an aromatic ring is 1. The summed E-state index contributed by atoms with van der Waals surface area (Å²) in [5.74, 6) is -0.0975. The lowest BCUT2D eigenvalue weighted by molar-refractivity contribution is 0.0468. The van der Waals surface area contributed by atoms with Gasteiger partial charge in [0.05, 0.1) is 12.8 Å². The van der Waals surface area contributed by atoms with Crippen LogP contribution < -0.4 is 10.5 Å². The molecule has 2 rings (SSSR count). The topological polar surface area (TPSA) is 61.5 Å². The third-order valence-electron chi connectivity index (χ3n) is 3.09. The predicted octanol–water partition coefficient (Wildman–Crippen LogP) is 2.94. The summed E-state index contributed by atoms with van der Waals surface area (Å²) in [6.45, 7) is 2.20. The minimum Gasteiger partial charge on any atom is -0.494 e. The van der Waals surface area contributed by atoms with Crippen LogP contribution in [-0.4, -0.2) is 13.1 Å². The Morgan fingerprint density at radius 1 is 1.15 bits per heavy atom. The predicted molar refractivity (Wildman–Crippen MR) is 77.7 cm³/mol. The number of rotatable bonds is 4. The van der Waals surface area contributed by atoms with Gasteiger partial charge in [0.25, 0.3) is 0 Å². The van der Waals surface area contributed by atoms with Crippen LogP contribution in [-0.2, 0) is 11.3 Å². The maximum absolute atomic E-state index is 12.1. The fourth-order valence-electron chi connectivity index (χ4n) is 1.94. The van der Waals surface area contributed by atoms with Crippen molar-refractivity contribution in [1.29, 1.82) is 0 Å². The Morgan fingerprint density at radius 2 is 1.90 bits per heavy atom. The van der Waals surface area contributed by atoms with E-state index in [1.165, 1.54) is 7.11 Å². The quantitative estimate of drug-likeness (QED) is 0.686. The average Bonchev–Trinajstić information content (AvgIpc) is 2.46. The molecule has 0 fully saturated rings. The van der Waals surface area contributed by atoms with Gasteiger partial charge in [0.2, 0.25) is 0 Å². The lowest BCUT2D eigenvalue weighted by Crippen LogP contribution is -2.09. The molecule has 0 amide bonds. The highest BCUT2D eigenvalue weighted by atomic mass is 16.5. The number of hydrogen-bond donors (Lipinski definition) is 1. The number of methoxy groups -OCH3 is 1. The van der Waals surface area contributed by atoms with E-state index in [4.69, 9.17) is 15.2 Å². The Balaban J connectivity index is 2.14. The number of anilines is 1. The standard InChI is InChI=1S/C16H17NO3/c1-11-6-3-4-7-12(11)10-20-16(18)13-8-5-9-14(17)15(13)19-2/h3-9H,10,17H2,1-2H3. The number of para-hydroxylation sites is 1. The number of carbonyl (C=O) groups is 1. The Hall–Kier alpha value is -2.49. The second-order valence-electron chi connectivity index (χ2n) is 4.43. The highest BCUT2D eigenvalue weighted by Crippen LogP contribution is 2.26. The highest BCUT2D eigenvalue weighted by Gasteiger charge is 2.16. The van der Waals surface area contributed by atoms with Gasteiger partial charge >= 0.3 is 5.97 Å². The third kappa shape index (κ3) is 2.91. The second-order valence-corrected chi connectivity index (χ2v) is 4.43. The molecule has 0 radical (unpaired) electrons. The van der Waals surface area contributed by atoms with Gasteiger partial charge in [-0.15, -0.1) is 0 Å². The normalized spacial score (nSPS) is 10.1. The van der Waals surface area contributed by atoms with Crippen LogP contribution in [0.2, 0.25) is 0 Å². The summed E-state index contributed by atoms with van der Waals surface area (Å²) < 4.78 is 10.5. The lowest BCUT2D eigenvalue weighted by Gasteiger charge is -2.11. The van der Waals surface area contributed by atoms with Crippen LogP contribution in [0.25, 0.3) is 0 Å². The minimum absolute atomic E-state index is 0.226. The van der Waals surface area contributed by atoms with E-state index in [1.54, 1.807) is 18.2 Å². The van der Waals surface area contributed by atoms with E-state index in [2.05, 4.69) is 0 Å². The number of nitrogens with two attached hydrogens (primary N) is 1. The molecule has 104 valence electrons. The summed E-state index contributed by atoms with van der Waals surface area (Å²) >= 11 is 0. The molecule has 0 bridgehead atoms. The summed E-state index contributed by atoms with van der Waals surface area (Å²) in [7, 11) is 1.48. The monoisotopic (exact) mass is 271 g/mol. The molecule has 0 aliphatic rings. The van der Waals surface area contributed by atoms with E-state index < -0.39 is 5.97 Å². The molecule has 0 spiro atoms. The van der Waals surface area contributed by atoms with Gasteiger partial charge in [0, 0.05) is 0 Å². The molecule has 2 N–H and O–H groups in total. The number of benzene rings is 2. The molecular weight excluding hydrogens is 254 g/mol. The zero-order chi connectivity index (χ0) is 14.5. The number of carbonyl (C=O) groups excluding carboxylic acids is 1. The maximum Gasteiger partial charge on any atom is 0.342 e. The number of ether oxygens (including phenoxy) is 2. The molecule has 0 aliphatic heterocycles. The summed E-state index contributed by atoms with van der Waals surface area (Å²) in [5.41, 5.74) is 8.58. The summed E-state index contributed by atoms with van der Waals surface area (Å²) in [6.07, 6.45) is 0. The number of esters is 1. The summed E-state index contributed by atoms with van der Waals surface area (Å²) in [6, 6.07) is 12.8. The Labute approximate surface area is 118 Å². The van der Waals surface area contributed by atoms with Crippen molar-refractivity contribution >= 4 is 11.7 Å². The van der Waals surface area contributed by atoms with E-state index in [0.717, 1.165) is 11.1 Å². The van der Waals surface area contributed by atoms with E-state index >= 15 is 0 Å². The van der Waals surface area contributed by atoms with Gasteiger partial charge in [-0.3, -0.25) is 0 Å². The lowest BCUT2D eigenvalue weighted by atomic mass is 10.1. The van der Waals surface area contributed by atoms with Crippen molar-refractivity contribution in [3.63, 3.8) is 0 Å². The molecule has 0 aliphatic carbocycles. The van der Waals surface area contributed by atoms with Crippen LogP contribution in [0.1, 0.15) is 21.5 Å². The van der Waals surface area contributed by atoms with Crippen LogP contribution in [0.3, 0.4) is 0 Å². The first kappa shape index (κ1) is 13.9. The number of hydrogen-bond acceptors (Lipinski definition) is 4. The van der Waals surface area contributed by atoms with Gasteiger partial charge in [-0.1, -0.05) is 30.3 Å². The van der Waals surface area contributed by atoms with Gasteiger partial charge in [0.15, 0.2) is 5.75 Å². The van der Waals surface area contributed by atoms with Crippen molar-refractivity contribution in [1.82, 2.24) is 0 Å². The van der Waals surface area contributed by atoms with Crippen molar-refractivity contribution in [2.75, 3.05) is 12.8 Å². The average molecular weight is 271 g/mol. The molecule has 4 heteroatoms. The van der Waals surface area contributed by atoms with Crippen molar-refractivity contribution < 1.29 is 14.3 Å². The number of aryl methyl sites for hydroxylation is 1. The molecular formula is C16H17NO3. The SMILES string of the molecule is COc1c(N)cccc1C(=O)OCc1ccccc1C. The van der Waals surface area contributed by atoms with Gasteiger partial charge in [-0.25, -0.2) is 4.79 Å². The van der Waals surface area contributed by atoms with Gasteiger partial charge in [-0.05, 0) is 30.2 Å². The van der Waals surface area contributed by atoms with Crippen molar-refractivity contribution in [2.45, 2.75) is 13.5 Å². The zero-order valence-electron chi connectivity index (χ0n) is 11.6. The van der Waals surface area contributed by atoms with E-state index in [0.29, 0.717) is 17.0 Å². The first-order valence-corrected chi connectivity index (χ1v) is 6.27. The fraction of sp³-hybridized carbons (Fsp3) is 0.188. The zero-order valence-corrected chi connectivity index (χ0v) is 11.6. The van der Waals surface area contributed by atoms with Crippen LogP contribution in [0, 0.1) is 6.92 Å². The van der Waals surface area contributed by atoms with Gasteiger partial charge in [-0.2, -0.15) is 0 Å². The van der Waals surface area contributed by atoms with Crippen LogP contribution in [0.15, 0.2) is 42.5 Å². The molecule has 0 saturated carbocycles. The maximum atomic E-state index is 12.1. The smallest absolute Gasteiger partial charge is 0.342 e.